The molecular formula is C21H24O7. The fourth-order valence-corrected chi connectivity index (χ4v) is 3.48. The van der Waals surface area contributed by atoms with Gasteiger partial charge in [0.15, 0.2) is 12.6 Å². The van der Waals surface area contributed by atoms with Crippen LogP contribution in [-0.2, 0) is 18.9 Å². The lowest BCUT2D eigenvalue weighted by Gasteiger charge is -2.42. The lowest BCUT2D eigenvalue weighted by atomic mass is 9.97. The zero-order valence-corrected chi connectivity index (χ0v) is 15.2. The van der Waals surface area contributed by atoms with Crippen molar-refractivity contribution in [3.63, 3.8) is 0 Å². The van der Waals surface area contributed by atoms with Gasteiger partial charge in [0.05, 0.1) is 13.2 Å². The molecule has 0 amide bonds. The highest BCUT2D eigenvalue weighted by atomic mass is 16.7. The quantitative estimate of drug-likeness (QED) is 0.726. The highest BCUT2D eigenvalue weighted by Crippen LogP contribution is 2.33. The Balaban J connectivity index is 1.48. The molecule has 0 bridgehead atoms. The van der Waals surface area contributed by atoms with E-state index in [1.165, 1.54) is 0 Å². The van der Waals surface area contributed by atoms with Crippen LogP contribution in [0.3, 0.4) is 0 Å². The lowest BCUT2D eigenvalue weighted by molar-refractivity contribution is -0.318. The van der Waals surface area contributed by atoms with E-state index in [4.69, 9.17) is 18.9 Å². The van der Waals surface area contributed by atoms with E-state index in [9.17, 15) is 15.3 Å². The summed E-state index contributed by atoms with van der Waals surface area (Å²) in [6.07, 6.45) is -6.76. The maximum atomic E-state index is 10.9. The Kier molecular flexibility index (Phi) is 6.03. The second kappa shape index (κ2) is 8.67. The van der Waals surface area contributed by atoms with Gasteiger partial charge >= 0.3 is 0 Å². The molecule has 2 heterocycles. The molecule has 7 nitrogen and oxygen atoms in total. The molecule has 0 aromatic heterocycles. The summed E-state index contributed by atoms with van der Waals surface area (Å²) in [4.78, 5) is 0. The van der Waals surface area contributed by atoms with Crippen molar-refractivity contribution in [2.75, 3.05) is 13.2 Å². The number of hydrogen-bond acceptors (Lipinski definition) is 7. The Labute approximate surface area is 163 Å². The van der Waals surface area contributed by atoms with Crippen LogP contribution in [0.4, 0.5) is 0 Å². The molecule has 0 radical (unpaired) electrons. The van der Waals surface area contributed by atoms with Gasteiger partial charge in [-0.3, -0.25) is 0 Å². The number of ether oxygens (including phenoxy) is 4. The third kappa shape index (κ3) is 4.11. The summed E-state index contributed by atoms with van der Waals surface area (Å²) >= 11 is 0. The molecule has 7 atom stereocenters. The Hall–Kier alpha value is -1.84. The maximum Gasteiger partial charge on any atom is 0.184 e. The standard InChI is InChI=1S/C21H24O7/c22-15-11-25-20(13-7-3-1-4-8-13)27-18(15)17(24)19-16(23)12-26-21(28-19)14-9-5-2-6-10-14/h1-10,15-24H,11-12H2/t15-,16+,17?,18+,19-,20+,21-. The summed E-state index contributed by atoms with van der Waals surface area (Å²) in [7, 11) is 0. The van der Waals surface area contributed by atoms with Crippen LogP contribution >= 0.6 is 0 Å². The zero-order valence-electron chi connectivity index (χ0n) is 15.2. The van der Waals surface area contributed by atoms with Crippen molar-refractivity contribution in [1.82, 2.24) is 0 Å². The molecule has 2 aliphatic rings. The van der Waals surface area contributed by atoms with Crippen molar-refractivity contribution < 1.29 is 34.3 Å². The van der Waals surface area contributed by atoms with Crippen molar-refractivity contribution in [3.05, 3.63) is 71.8 Å². The highest BCUT2D eigenvalue weighted by molar-refractivity contribution is 5.17. The molecule has 2 aromatic rings. The predicted octanol–water partition coefficient (Wildman–Crippen LogP) is 1.30. The van der Waals surface area contributed by atoms with E-state index in [0.717, 1.165) is 11.1 Å². The van der Waals surface area contributed by atoms with Crippen molar-refractivity contribution in [1.29, 1.82) is 0 Å². The van der Waals surface area contributed by atoms with E-state index in [1.54, 1.807) is 0 Å². The van der Waals surface area contributed by atoms with Crippen molar-refractivity contribution >= 4 is 0 Å². The molecule has 0 aliphatic carbocycles. The van der Waals surface area contributed by atoms with E-state index >= 15 is 0 Å². The van der Waals surface area contributed by atoms with Crippen LogP contribution in [-0.4, -0.2) is 59.1 Å². The minimum absolute atomic E-state index is 0.00270. The Morgan fingerprint density at radius 1 is 0.679 bits per heavy atom. The average molecular weight is 388 g/mol. The largest absolute Gasteiger partial charge is 0.388 e. The second-order valence-electron chi connectivity index (χ2n) is 6.98. The number of benzene rings is 2. The third-order valence-electron chi connectivity index (χ3n) is 4.97. The molecule has 4 rings (SSSR count). The van der Waals surface area contributed by atoms with Gasteiger partial charge in [0.2, 0.25) is 0 Å². The first-order valence-corrected chi connectivity index (χ1v) is 9.31. The Morgan fingerprint density at radius 2 is 1.07 bits per heavy atom. The summed E-state index contributed by atoms with van der Waals surface area (Å²) in [5.74, 6) is 0. The zero-order chi connectivity index (χ0) is 19.5. The van der Waals surface area contributed by atoms with Gasteiger partial charge in [-0.25, -0.2) is 0 Å². The first kappa shape index (κ1) is 19.5. The van der Waals surface area contributed by atoms with Gasteiger partial charge in [0.25, 0.3) is 0 Å². The number of rotatable bonds is 4. The van der Waals surface area contributed by atoms with Crippen LogP contribution in [0.25, 0.3) is 0 Å². The highest BCUT2D eigenvalue weighted by Gasteiger charge is 2.45. The van der Waals surface area contributed by atoms with Gasteiger partial charge in [-0.15, -0.1) is 0 Å². The number of hydrogen-bond donors (Lipinski definition) is 3. The molecule has 28 heavy (non-hydrogen) atoms. The lowest BCUT2D eigenvalue weighted by Crippen LogP contribution is -2.57. The summed E-state index contributed by atoms with van der Waals surface area (Å²) in [5.41, 5.74) is 1.56. The molecule has 0 spiro atoms. The third-order valence-corrected chi connectivity index (χ3v) is 4.97. The Morgan fingerprint density at radius 3 is 1.46 bits per heavy atom. The van der Waals surface area contributed by atoms with Gasteiger partial charge in [0.1, 0.15) is 30.5 Å². The van der Waals surface area contributed by atoms with Gasteiger partial charge in [-0.2, -0.15) is 0 Å². The molecule has 2 aliphatic heterocycles. The van der Waals surface area contributed by atoms with Crippen LogP contribution in [0.1, 0.15) is 23.7 Å². The molecule has 3 N–H and O–H groups in total. The summed E-state index contributed by atoms with van der Waals surface area (Å²) in [6.45, 7) is 0.00539. The van der Waals surface area contributed by atoms with Gasteiger partial charge in [-0.1, -0.05) is 60.7 Å². The van der Waals surface area contributed by atoms with E-state index in [0.29, 0.717) is 0 Å². The first-order chi connectivity index (χ1) is 13.6. The summed E-state index contributed by atoms with van der Waals surface area (Å²) in [5, 5.41) is 31.5. The fraction of sp³-hybridized carbons (Fsp3) is 0.429. The minimum Gasteiger partial charge on any atom is -0.388 e. The van der Waals surface area contributed by atoms with Crippen molar-refractivity contribution in [2.45, 2.75) is 43.1 Å². The van der Waals surface area contributed by atoms with Crippen molar-refractivity contribution in [3.8, 4) is 0 Å². The Bertz CT molecular complexity index is 677. The number of aliphatic hydroxyl groups is 3. The normalized spacial score (nSPS) is 34.7. The van der Waals surface area contributed by atoms with Crippen molar-refractivity contribution in [2.24, 2.45) is 0 Å². The molecule has 150 valence electrons. The topological polar surface area (TPSA) is 97.6 Å². The van der Waals surface area contributed by atoms with E-state index in [-0.39, 0.29) is 13.2 Å². The first-order valence-electron chi connectivity index (χ1n) is 9.31. The monoisotopic (exact) mass is 388 g/mol. The van der Waals surface area contributed by atoms with Gasteiger partial charge in [0, 0.05) is 11.1 Å². The fourth-order valence-electron chi connectivity index (χ4n) is 3.48. The minimum atomic E-state index is -1.27. The molecule has 2 saturated heterocycles. The van der Waals surface area contributed by atoms with E-state index in [2.05, 4.69) is 0 Å². The molecule has 2 fully saturated rings. The predicted molar refractivity (Wildman–Crippen MR) is 98.0 cm³/mol. The van der Waals surface area contributed by atoms with Gasteiger partial charge in [-0.05, 0) is 0 Å². The van der Waals surface area contributed by atoms with Crippen LogP contribution in [0.5, 0.6) is 0 Å². The molecule has 0 saturated carbocycles. The van der Waals surface area contributed by atoms with Crippen LogP contribution in [0, 0.1) is 0 Å². The average Bonchev–Trinajstić information content (AvgIpc) is 2.75. The smallest absolute Gasteiger partial charge is 0.184 e. The van der Waals surface area contributed by atoms with E-state index < -0.39 is 43.1 Å². The summed E-state index contributed by atoms with van der Waals surface area (Å²) in [6, 6.07) is 18.6. The second-order valence-corrected chi connectivity index (χ2v) is 6.98. The maximum absolute atomic E-state index is 10.9. The number of aliphatic hydroxyl groups excluding tert-OH is 3. The SMILES string of the molecule is OC([C@H]1O[C@@H](c2ccccc2)OC[C@H]1O)[C@@H]1O[C@H](c2ccccc2)OC[C@@H]1O. The summed E-state index contributed by atoms with van der Waals surface area (Å²) < 4.78 is 22.8. The molecule has 2 aromatic carbocycles. The van der Waals surface area contributed by atoms with Crippen LogP contribution in [0.15, 0.2) is 60.7 Å². The molecular weight excluding hydrogens is 364 g/mol. The van der Waals surface area contributed by atoms with E-state index in [1.807, 2.05) is 60.7 Å². The van der Waals surface area contributed by atoms with Gasteiger partial charge < -0.3 is 34.3 Å². The van der Waals surface area contributed by atoms with Crippen LogP contribution < -0.4 is 0 Å². The molecule has 7 heteroatoms. The van der Waals surface area contributed by atoms with Crippen LogP contribution in [0.2, 0.25) is 0 Å². The molecule has 1 unspecified atom stereocenters.